The van der Waals surface area contributed by atoms with E-state index in [0.29, 0.717) is 5.69 Å². The summed E-state index contributed by atoms with van der Waals surface area (Å²) in [6, 6.07) is 1.77. The number of carbonyl (C=O) groups is 1. The molecule has 1 heterocycles. The maximum Gasteiger partial charge on any atom is 0.261 e. The topological polar surface area (TPSA) is 55.1 Å². The highest BCUT2D eigenvalue weighted by molar-refractivity contribution is 8.00. The third kappa shape index (κ3) is 2.83. The molecule has 1 amide bonds. The van der Waals surface area contributed by atoms with Gasteiger partial charge < -0.3 is 11.1 Å². The molecule has 0 radical (unpaired) electrons. The van der Waals surface area contributed by atoms with Crippen molar-refractivity contribution in [3.8, 4) is 0 Å². The van der Waals surface area contributed by atoms with Crippen LogP contribution in [0.3, 0.4) is 0 Å². The maximum absolute atomic E-state index is 12.1. The number of hydrogen-bond acceptors (Lipinski definition) is 4. The molecule has 0 aromatic carbocycles. The molecule has 3 nitrogen and oxygen atoms in total. The molecule has 2 rings (SSSR count). The van der Waals surface area contributed by atoms with Gasteiger partial charge >= 0.3 is 0 Å². The van der Waals surface area contributed by atoms with E-state index in [2.05, 4.69) is 11.6 Å². The Labute approximate surface area is 117 Å². The molecule has 100 valence electrons. The van der Waals surface area contributed by atoms with Crippen LogP contribution in [0.2, 0.25) is 0 Å². The SMILES string of the molecule is CSC1(CNC(=O)c2cc(N)c(C)s2)CCCC1. The largest absolute Gasteiger partial charge is 0.398 e. The molecule has 1 fully saturated rings. The van der Waals surface area contributed by atoms with Gasteiger partial charge in [0.15, 0.2) is 0 Å². The molecule has 18 heavy (non-hydrogen) atoms. The summed E-state index contributed by atoms with van der Waals surface area (Å²) < 4.78 is 0.257. The summed E-state index contributed by atoms with van der Waals surface area (Å²) in [6.07, 6.45) is 7.12. The lowest BCUT2D eigenvalue weighted by Crippen LogP contribution is -2.38. The predicted molar refractivity (Wildman–Crippen MR) is 80.5 cm³/mol. The molecule has 0 aliphatic heterocycles. The summed E-state index contributed by atoms with van der Waals surface area (Å²) >= 11 is 3.36. The number of thiophene rings is 1. The monoisotopic (exact) mass is 284 g/mol. The first kappa shape index (κ1) is 13.7. The Kier molecular flexibility index (Phi) is 4.22. The quantitative estimate of drug-likeness (QED) is 0.893. The van der Waals surface area contributed by atoms with Gasteiger partial charge in [-0.15, -0.1) is 11.3 Å². The Hall–Kier alpha value is -0.680. The third-order valence-electron chi connectivity index (χ3n) is 3.70. The second kappa shape index (κ2) is 5.53. The first-order valence-electron chi connectivity index (χ1n) is 6.25. The van der Waals surface area contributed by atoms with E-state index in [9.17, 15) is 4.79 Å². The number of aryl methyl sites for hydroxylation is 1. The van der Waals surface area contributed by atoms with Crippen LogP contribution in [0.4, 0.5) is 5.69 Å². The molecule has 0 atom stereocenters. The van der Waals surface area contributed by atoms with Crippen molar-refractivity contribution >= 4 is 34.7 Å². The summed E-state index contributed by atoms with van der Waals surface area (Å²) in [7, 11) is 0. The Bertz CT molecular complexity index is 417. The van der Waals surface area contributed by atoms with Crippen molar-refractivity contribution in [3.05, 3.63) is 15.8 Å². The van der Waals surface area contributed by atoms with Crippen molar-refractivity contribution in [2.45, 2.75) is 37.4 Å². The van der Waals surface area contributed by atoms with Gasteiger partial charge in [-0.25, -0.2) is 0 Å². The van der Waals surface area contributed by atoms with Crippen LogP contribution in [0, 0.1) is 6.92 Å². The van der Waals surface area contributed by atoms with Gasteiger partial charge in [0.1, 0.15) is 0 Å². The highest BCUT2D eigenvalue weighted by Gasteiger charge is 2.33. The predicted octanol–water partition coefficient (Wildman–Crippen LogP) is 3.04. The molecule has 0 spiro atoms. The van der Waals surface area contributed by atoms with Gasteiger partial charge in [-0.3, -0.25) is 4.79 Å². The van der Waals surface area contributed by atoms with Gasteiger partial charge in [0.2, 0.25) is 0 Å². The number of rotatable bonds is 4. The molecule has 1 aliphatic rings. The highest BCUT2D eigenvalue weighted by Crippen LogP contribution is 2.39. The average molecular weight is 284 g/mol. The fourth-order valence-electron chi connectivity index (χ4n) is 2.41. The van der Waals surface area contributed by atoms with Crippen LogP contribution >= 0.6 is 23.1 Å². The minimum atomic E-state index is 0.0140. The second-order valence-corrected chi connectivity index (χ2v) is 7.43. The van der Waals surface area contributed by atoms with Gasteiger partial charge in [0, 0.05) is 21.9 Å². The van der Waals surface area contributed by atoms with Gasteiger partial charge in [0.25, 0.3) is 5.91 Å². The number of hydrogen-bond donors (Lipinski definition) is 2. The molecule has 0 bridgehead atoms. The fourth-order valence-corrected chi connectivity index (χ4v) is 4.18. The highest BCUT2D eigenvalue weighted by atomic mass is 32.2. The van der Waals surface area contributed by atoms with Crippen LogP contribution in [0.25, 0.3) is 0 Å². The molecule has 3 N–H and O–H groups in total. The Balaban J connectivity index is 1.95. The van der Waals surface area contributed by atoms with Crippen LogP contribution in [0.1, 0.15) is 40.2 Å². The summed E-state index contributed by atoms with van der Waals surface area (Å²) in [5.41, 5.74) is 6.49. The van der Waals surface area contributed by atoms with E-state index in [1.807, 2.05) is 18.7 Å². The van der Waals surface area contributed by atoms with E-state index in [0.717, 1.165) is 16.3 Å². The van der Waals surface area contributed by atoms with E-state index >= 15 is 0 Å². The molecule has 0 unspecified atom stereocenters. The molecule has 1 aliphatic carbocycles. The molecule has 1 aromatic rings. The zero-order chi connectivity index (χ0) is 13.2. The molecular formula is C13H20N2OS2. The van der Waals surface area contributed by atoms with Gasteiger partial charge in [-0.1, -0.05) is 12.8 Å². The van der Waals surface area contributed by atoms with E-state index in [4.69, 9.17) is 5.73 Å². The molecular weight excluding hydrogens is 264 g/mol. The Morgan fingerprint density at radius 1 is 1.56 bits per heavy atom. The first-order valence-corrected chi connectivity index (χ1v) is 8.30. The number of carbonyl (C=O) groups excluding carboxylic acids is 1. The van der Waals surface area contributed by atoms with Crippen molar-refractivity contribution in [3.63, 3.8) is 0 Å². The smallest absolute Gasteiger partial charge is 0.261 e. The molecule has 1 saturated carbocycles. The number of nitrogen functional groups attached to an aromatic ring is 1. The van der Waals surface area contributed by atoms with Crippen molar-refractivity contribution in [1.82, 2.24) is 5.32 Å². The summed E-state index contributed by atoms with van der Waals surface area (Å²) in [5.74, 6) is 0.0140. The Morgan fingerprint density at radius 3 is 2.72 bits per heavy atom. The third-order valence-corrected chi connectivity index (χ3v) is 6.18. The lowest BCUT2D eigenvalue weighted by atomic mass is 10.1. The standard InChI is InChI=1S/C13H20N2OS2/c1-9-10(14)7-11(18-9)12(16)15-8-13(17-2)5-3-4-6-13/h7H,3-6,8,14H2,1-2H3,(H,15,16). The van der Waals surface area contributed by atoms with E-state index in [1.54, 1.807) is 6.07 Å². The number of anilines is 1. The van der Waals surface area contributed by atoms with Crippen LogP contribution in [-0.2, 0) is 0 Å². The van der Waals surface area contributed by atoms with Crippen molar-refractivity contribution in [2.24, 2.45) is 0 Å². The average Bonchev–Trinajstić information content (AvgIpc) is 2.95. The number of thioether (sulfide) groups is 1. The van der Waals surface area contributed by atoms with Crippen molar-refractivity contribution in [2.75, 3.05) is 18.5 Å². The van der Waals surface area contributed by atoms with Crippen LogP contribution < -0.4 is 11.1 Å². The summed E-state index contributed by atoms with van der Waals surface area (Å²) in [4.78, 5) is 13.8. The van der Waals surface area contributed by atoms with Crippen molar-refractivity contribution in [1.29, 1.82) is 0 Å². The summed E-state index contributed by atoms with van der Waals surface area (Å²) in [5, 5.41) is 3.07. The fraction of sp³-hybridized carbons (Fsp3) is 0.615. The number of amides is 1. The minimum Gasteiger partial charge on any atom is -0.398 e. The van der Waals surface area contributed by atoms with Gasteiger partial charge in [0.05, 0.1) is 4.88 Å². The number of nitrogens with one attached hydrogen (secondary N) is 1. The maximum atomic E-state index is 12.1. The van der Waals surface area contributed by atoms with Crippen molar-refractivity contribution < 1.29 is 4.79 Å². The normalized spacial score (nSPS) is 17.9. The lowest BCUT2D eigenvalue weighted by molar-refractivity contribution is 0.0953. The minimum absolute atomic E-state index is 0.0140. The number of nitrogens with two attached hydrogens (primary N) is 1. The van der Waals surface area contributed by atoms with E-state index in [1.165, 1.54) is 37.0 Å². The van der Waals surface area contributed by atoms with Crippen LogP contribution in [0.5, 0.6) is 0 Å². The second-order valence-electron chi connectivity index (χ2n) is 4.90. The van der Waals surface area contributed by atoms with Crippen LogP contribution in [0.15, 0.2) is 6.07 Å². The summed E-state index contributed by atoms with van der Waals surface area (Å²) in [6.45, 7) is 2.71. The molecule has 5 heteroatoms. The molecule has 0 saturated heterocycles. The van der Waals surface area contributed by atoms with E-state index in [-0.39, 0.29) is 10.7 Å². The Morgan fingerprint density at radius 2 is 2.22 bits per heavy atom. The van der Waals surface area contributed by atoms with Gasteiger partial charge in [-0.05, 0) is 32.1 Å². The molecule has 1 aromatic heterocycles. The zero-order valence-corrected chi connectivity index (χ0v) is 12.5. The zero-order valence-electron chi connectivity index (χ0n) is 10.9. The van der Waals surface area contributed by atoms with Gasteiger partial charge in [-0.2, -0.15) is 11.8 Å². The lowest BCUT2D eigenvalue weighted by Gasteiger charge is -2.26. The van der Waals surface area contributed by atoms with E-state index < -0.39 is 0 Å². The van der Waals surface area contributed by atoms with Crippen LogP contribution in [-0.4, -0.2) is 23.5 Å². The first-order chi connectivity index (χ1) is 8.56.